The van der Waals surface area contributed by atoms with Crippen LogP contribution in [0.25, 0.3) is 0 Å². The third-order valence-electron chi connectivity index (χ3n) is 2.78. The van der Waals surface area contributed by atoms with Crippen molar-refractivity contribution in [3.63, 3.8) is 0 Å². The zero-order valence-corrected chi connectivity index (χ0v) is 11.7. The second-order valence-corrected chi connectivity index (χ2v) is 4.48. The Balaban J connectivity index is 2.17. The van der Waals surface area contributed by atoms with Gasteiger partial charge in [-0.25, -0.2) is 0 Å². The summed E-state index contributed by atoms with van der Waals surface area (Å²) in [5, 5.41) is 0. The molecule has 0 N–H and O–H groups in total. The van der Waals surface area contributed by atoms with Gasteiger partial charge in [0.05, 0.1) is 0 Å². The Labute approximate surface area is 116 Å². The smallest absolute Gasteiger partial charge is 0.185 e. The molecule has 1 aromatic carbocycles. The molecule has 0 amide bonds. The molecule has 0 unspecified atom stereocenters. The van der Waals surface area contributed by atoms with E-state index >= 15 is 0 Å². The molecule has 0 saturated heterocycles. The molecule has 19 heavy (non-hydrogen) atoms. The third kappa shape index (κ3) is 7.26. The molecule has 0 aliphatic carbocycles. The molecule has 0 aromatic heterocycles. The molecule has 0 spiro atoms. The van der Waals surface area contributed by atoms with Gasteiger partial charge in [-0.3, -0.25) is 4.79 Å². The number of carbonyl (C=O) groups excluding carboxylic acids is 1. The zero-order chi connectivity index (χ0) is 13.8. The van der Waals surface area contributed by atoms with Crippen LogP contribution in [0.4, 0.5) is 0 Å². The number of unbranched alkanes of at least 4 members (excludes halogenated alkanes) is 4. The predicted octanol–water partition coefficient (Wildman–Crippen LogP) is 4.79. The van der Waals surface area contributed by atoms with E-state index in [1.54, 1.807) is 6.08 Å². The third-order valence-corrected chi connectivity index (χ3v) is 2.78. The summed E-state index contributed by atoms with van der Waals surface area (Å²) >= 11 is 0. The van der Waals surface area contributed by atoms with Gasteiger partial charge in [0.2, 0.25) is 0 Å². The highest BCUT2D eigenvalue weighted by Gasteiger charge is 1.98. The molecule has 0 bridgehead atoms. The molecule has 1 nitrogen and oxygen atoms in total. The average Bonchev–Trinajstić information content (AvgIpc) is 2.46. The topological polar surface area (TPSA) is 17.1 Å². The first kappa shape index (κ1) is 15.2. The van der Waals surface area contributed by atoms with Crippen LogP contribution in [0.2, 0.25) is 0 Å². The molecule has 0 aliphatic rings. The molecule has 1 heteroatoms. The number of benzene rings is 1. The lowest BCUT2D eigenvalue weighted by molar-refractivity contribution is 0.104. The van der Waals surface area contributed by atoms with Crippen LogP contribution in [0.15, 0.2) is 42.5 Å². The van der Waals surface area contributed by atoms with Crippen LogP contribution in [0.5, 0.6) is 0 Å². The van der Waals surface area contributed by atoms with Crippen LogP contribution in [0.3, 0.4) is 0 Å². The first-order valence-electron chi connectivity index (χ1n) is 7.06. The van der Waals surface area contributed by atoms with Gasteiger partial charge in [-0.1, -0.05) is 49.8 Å². The van der Waals surface area contributed by atoms with Crippen LogP contribution < -0.4 is 0 Å². The Morgan fingerprint density at radius 3 is 2.47 bits per heavy atom. The van der Waals surface area contributed by atoms with Crippen LogP contribution in [-0.4, -0.2) is 5.78 Å². The van der Waals surface area contributed by atoms with Crippen LogP contribution in [0, 0.1) is 11.8 Å². The van der Waals surface area contributed by atoms with E-state index in [4.69, 9.17) is 0 Å². The Bertz CT molecular complexity index is 446. The van der Waals surface area contributed by atoms with Gasteiger partial charge in [-0.2, -0.15) is 0 Å². The van der Waals surface area contributed by atoms with Crippen molar-refractivity contribution in [2.45, 2.75) is 45.4 Å². The van der Waals surface area contributed by atoms with Crippen molar-refractivity contribution < 1.29 is 4.79 Å². The van der Waals surface area contributed by atoms with Gasteiger partial charge in [0.15, 0.2) is 5.78 Å². The second-order valence-electron chi connectivity index (χ2n) is 4.48. The summed E-state index contributed by atoms with van der Waals surface area (Å²) in [5.41, 5.74) is 0.748. The van der Waals surface area contributed by atoms with E-state index in [1.165, 1.54) is 12.8 Å². The molecular weight excluding hydrogens is 232 g/mol. The maximum atomic E-state index is 11.7. The van der Waals surface area contributed by atoms with E-state index in [-0.39, 0.29) is 5.78 Å². The number of hydrogen-bond donors (Lipinski definition) is 0. The van der Waals surface area contributed by atoms with Crippen molar-refractivity contribution >= 4 is 5.78 Å². The monoisotopic (exact) mass is 254 g/mol. The lowest BCUT2D eigenvalue weighted by atomic mass is 10.1. The van der Waals surface area contributed by atoms with Crippen molar-refractivity contribution in [1.82, 2.24) is 0 Å². The SMILES string of the molecule is CCCCC#CCCC/C=C/C(=O)c1ccccc1. The van der Waals surface area contributed by atoms with E-state index < -0.39 is 0 Å². The van der Waals surface area contributed by atoms with Crippen LogP contribution in [-0.2, 0) is 0 Å². The predicted molar refractivity (Wildman–Crippen MR) is 81.1 cm³/mol. The Morgan fingerprint density at radius 2 is 1.79 bits per heavy atom. The van der Waals surface area contributed by atoms with Gasteiger partial charge in [0.25, 0.3) is 0 Å². The minimum absolute atomic E-state index is 0.0784. The molecule has 0 heterocycles. The summed E-state index contributed by atoms with van der Waals surface area (Å²) < 4.78 is 0. The van der Waals surface area contributed by atoms with Gasteiger partial charge in [0.1, 0.15) is 0 Å². The number of carbonyl (C=O) groups is 1. The number of hydrogen-bond acceptors (Lipinski definition) is 1. The average molecular weight is 254 g/mol. The zero-order valence-electron chi connectivity index (χ0n) is 11.7. The van der Waals surface area contributed by atoms with E-state index in [2.05, 4.69) is 18.8 Å². The summed E-state index contributed by atoms with van der Waals surface area (Å²) in [6.07, 6.45) is 9.89. The molecule has 100 valence electrons. The van der Waals surface area contributed by atoms with E-state index in [0.717, 1.165) is 31.2 Å². The molecule has 0 saturated carbocycles. The van der Waals surface area contributed by atoms with E-state index in [1.807, 2.05) is 36.4 Å². The fraction of sp³-hybridized carbons (Fsp3) is 0.389. The van der Waals surface area contributed by atoms with Gasteiger partial charge in [-0.05, 0) is 25.3 Å². The summed E-state index contributed by atoms with van der Waals surface area (Å²) in [6, 6.07) is 9.36. The number of ketones is 1. The fourth-order valence-electron chi connectivity index (χ4n) is 1.64. The van der Waals surface area contributed by atoms with Gasteiger partial charge < -0.3 is 0 Å². The van der Waals surface area contributed by atoms with Crippen molar-refractivity contribution in [1.29, 1.82) is 0 Å². The maximum Gasteiger partial charge on any atom is 0.185 e. The van der Waals surface area contributed by atoms with Crippen LogP contribution in [0.1, 0.15) is 55.8 Å². The Kier molecular flexibility index (Phi) is 8.14. The van der Waals surface area contributed by atoms with Gasteiger partial charge in [-0.15, -0.1) is 11.8 Å². The van der Waals surface area contributed by atoms with Crippen molar-refractivity contribution in [3.8, 4) is 11.8 Å². The van der Waals surface area contributed by atoms with E-state index in [0.29, 0.717) is 0 Å². The Morgan fingerprint density at radius 1 is 1.11 bits per heavy atom. The first-order valence-corrected chi connectivity index (χ1v) is 7.06. The largest absolute Gasteiger partial charge is 0.289 e. The fourth-order valence-corrected chi connectivity index (χ4v) is 1.64. The highest BCUT2D eigenvalue weighted by molar-refractivity contribution is 6.04. The molecule has 0 fully saturated rings. The standard InChI is InChI=1S/C18H22O/c1-2-3-4-5-6-7-8-9-13-16-18(19)17-14-11-10-12-15-17/h10-16H,2-4,7-9H2,1H3/b16-13+. The van der Waals surface area contributed by atoms with E-state index in [9.17, 15) is 4.79 Å². The van der Waals surface area contributed by atoms with Gasteiger partial charge >= 0.3 is 0 Å². The molecule has 0 atom stereocenters. The molecule has 1 aromatic rings. The highest BCUT2D eigenvalue weighted by atomic mass is 16.1. The summed E-state index contributed by atoms with van der Waals surface area (Å²) in [6.45, 7) is 2.18. The lowest BCUT2D eigenvalue weighted by Gasteiger charge is -1.93. The molecule has 1 rings (SSSR count). The quantitative estimate of drug-likeness (QED) is 0.296. The summed E-state index contributed by atoms with van der Waals surface area (Å²) in [7, 11) is 0. The second kappa shape index (κ2) is 10.1. The molecule has 0 radical (unpaired) electrons. The van der Waals surface area contributed by atoms with Crippen molar-refractivity contribution in [2.24, 2.45) is 0 Å². The number of allylic oxidation sites excluding steroid dienone is 2. The molecular formula is C18H22O. The van der Waals surface area contributed by atoms with Crippen molar-refractivity contribution in [3.05, 3.63) is 48.0 Å². The van der Waals surface area contributed by atoms with Crippen LogP contribution >= 0.6 is 0 Å². The summed E-state index contributed by atoms with van der Waals surface area (Å²) in [5.74, 6) is 6.42. The number of rotatable bonds is 7. The van der Waals surface area contributed by atoms with Crippen molar-refractivity contribution in [2.75, 3.05) is 0 Å². The Hall–Kier alpha value is -1.81. The minimum Gasteiger partial charge on any atom is -0.289 e. The normalized spacial score (nSPS) is 10.2. The summed E-state index contributed by atoms with van der Waals surface area (Å²) in [4.78, 5) is 11.7. The highest BCUT2D eigenvalue weighted by Crippen LogP contribution is 2.02. The molecule has 0 aliphatic heterocycles. The maximum absolute atomic E-state index is 11.7. The first-order chi connectivity index (χ1) is 9.34. The minimum atomic E-state index is 0.0784. The van der Waals surface area contributed by atoms with Gasteiger partial charge in [0, 0.05) is 18.4 Å². The lowest BCUT2D eigenvalue weighted by Crippen LogP contribution is -1.92.